The van der Waals surface area contributed by atoms with Gasteiger partial charge in [-0.3, -0.25) is 4.79 Å². The van der Waals surface area contributed by atoms with Crippen LogP contribution in [0.5, 0.6) is 6.01 Å². The van der Waals surface area contributed by atoms with Crippen LogP contribution in [0.15, 0.2) is 12.4 Å². The highest BCUT2D eigenvalue weighted by Gasteiger charge is 2.31. The quantitative estimate of drug-likeness (QED) is 0.794. The van der Waals surface area contributed by atoms with E-state index in [0.717, 1.165) is 38.1 Å². The number of hydrogen-bond donors (Lipinski definition) is 1. The minimum atomic E-state index is -3.18. The number of carbonyl (C=O) groups excluding carboxylic acids is 1. The van der Waals surface area contributed by atoms with E-state index in [1.165, 1.54) is 10.6 Å². The molecule has 1 saturated carbocycles. The van der Waals surface area contributed by atoms with Gasteiger partial charge in [-0.25, -0.2) is 27.1 Å². The molecule has 1 saturated heterocycles. The van der Waals surface area contributed by atoms with Crippen molar-refractivity contribution in [1.82, 2.24) is 19.6 Å². The number of rotatable bonds is 5. The van der Waals surface area contributed by atoms with Crippen molar-refractivity contribution >= 4 is 15.9 Å². The van der Waals surface area contributed by atoms with Crippen LogP contribution in [0.4, 0.5) is 4.39 Å². The summed E-state index contributed by atoms with van der Waals surface area (Å²) in [5.41, 5.74) is 0. The summed E-state index contributed by atoms with van der Waals surface area (Å²) in [5, 5.41) is 3.09. The highest BCUT2D eigenvalue weighted by molar-refractivity contribution is 7.88. The standard InChI is InChI=1S/C17H25FN4O4S/c1-27(24,25)22-8-6-12(7-9-22)16(23)21-14-2-4-15(5-3-14)26-17-19-10-13(18)11-20-17/h10-12,14-15H,2-9H2,1H3,(H,21,23). The number of aromatic nitrogens is 2. The van der Waals surface area contributed by atoms with Gasteiger partial charge in [0.1, 0.15) is 6.10 Å². The molecular formula is C17H25FN4O4S. The third kappa shape index (κ3) is 5.58. The van der Waals surface area contributed by atoms with Crippen molar-refractivity contribution in [2.75, 3.05) is 19.3 Å². The van der Waals surface area contributed by atoms with Crippen molar-refractivity contribution in [3.05, 3.63) is 18.2 Å². The summed E-state index contributed by atoms with van der Waals surface area (Å²) < 4.78 is 43.0. The van der Waals surface area contributed by atoms with Gasteiger partial charge in [0.05, 0.1) is 18.6 Å². The van der Waals surface area contributed by atoms with E-state index in [-0.39, 0.29) is 30.0 Å². The van der Waals surface area contributed by atoms with Crippen LogP contribution in [0.25, 0.3) is 0 Å². The maximum atomic E-state index is 12.8. The maximum Gasteiger partial charge on any atom is 0.316 e. The molecule has 1 aliphatic carbocycles. The van der Waals surface area contributed by atoms with Crippen molar-refractivity contribution in [1.29, 1.82) is 0 Å². The van der Waals surface area contributed by atoms with Gasteiger partial charge in [-0.15, -0.1) is 0 Å². The van der Waals surface area contributed by atoms with Crippen molar-refractivity contribution in [2.24, 2.45) is 5.92 Å². The molecule has 150 valence electrons. The number of nitrogens with zero attached hydrogens (tertiary/aromatic N) is 3. The molecule has 10 heteroatoms. The number of carbonyl (C=O) groups is 1. The highest BCUT2D eigenvalue weighted by atomic mass is 32.2. The molecule has 27 heavy (non-hydrogen) atoms. The Morgan fingerprint density at radius 1 is 1.15 bits per heavy atom. The van der Waals surface area contributed by atoms with Crippen LogP contribution in [0.1, 0.15) is 38.5 Å². The summed E-state index contributed by atoms with van der Waals surface area (Å²) in [7, 11) is -3.18. The first kappa shape index (κ1) is 19.9. The summed E-state index contributed by atoms with van der Waals surface area (Å²) in [6.07, 6.45) is 7.52. The molecule has 0 unspecified atom stereocenters. The molecule has 1 N–H and O–H groups in total. The fraction of sp³-hybridized carbons (Fsp3) is 0.706. The molecule has 0 radical (unpaired) electrons. The van der Waals surface area contributed by atoms with Gasteiger partial charge in [-0.05, 0) is 38.5 Å². The minimum Gasteiger partial charge on any atom is -0.460 e. The zero-order valence-electron chi connectivity index (χ0n) is 15.3. The van der Waals surface area contributed by atoms with Gasteiger partial charge in [0.15, 0.2) is 5.82 Å². The lowest BCUT2D eigenvalue weighted by Gasteiger charge is -2.32. The van der Waals surface area contributed by atoms with Gasteiger partial charge >= 0.3 is 6.01 Å². The predicted octanol–water partition coefficient (Wildman–Crippen LogP) is 1.09. The summed E-state index contributed by atoms with van der Waals surface area (Å²) in [5.74, 6) is -0.630. The summed E-state index contributed by atoms with van der Waals surface area (Å²) in [6, 6.07) is 0.265. The first-order valence-corrected chi connectivity index (χ1v) is 11.1. The topological polar surface area (TPSA) is 101 Å². The number of hydrogen-bond acceptors (Lipinski definition) is 6. The Morgan fingerprint density at radius 3 is 2.30 bits per heavy atom. The van der Waals surface area contributed by atoms with Crippen molar-refractivity contribution in [3.8, 4) is 6.01 Å². The first-order chi connectivity index (χ1) is 12.8. The number of nitrogens with one attached hydrogen (secondary N) is 1. The second-order valence-corrected chi connectivity index (χ2v) is 9.20. The second-order valence-electron chi connectivity index (χ2n) is 7.22. The largest absolute Gasteiger partial charge is 0.460 e. The zero-order chi connectivity index (χ0) is 19.4. The number of ether oxygens (including phenoxy) is 1. The van der Waals surface area contributed by atoms with Crippen LogP contribution < -0.4 is 10.1 Å². The van der Waals surface area contributed by atoms with Crippen LogP contribution in [0, 0.1) is 11.7 Å². The van der Waals surface area contributed by atoms with E-state index in [1.54, 1.807) is 0 Å². The Labute approximate surface area is 158 Å². The monoisotopic (exact) mass is 400 g/mol. The zero-order valence-corrected chi connectivity index (χ0v) is 16.1. The SMILES string of the molecule is CS(=O)(=O)N1CCC(C(=O)NC2CCC(Oc3ncc(F)cn3)CC2)CC1. The second kappa shape index (κ2) is 8.47. The number of piperidine rings is 1. The smallest absolute Gasteiger partial charge is 0.316 e. The average Bonchev–Trinajstić information content (AvgIpc) is 2.64. The van der Waals surface area contributed by atoms with Crippen LogP contribution in [-0.2, 0) is 14.8 Å². The van der Waals surface area contributed by atoms with Gasteiger partial charge in [0.2, 0.25) is 15.9 Å². The molecule has 0 aromatic carbocycles. The molecule has 3 rings (SSSR count). The summed E-state index contributed by atoms with van der Waals surface area (Å²) >= 11 is 0. The third-order valence-electron chi connectivity index (χ3n) is 5.18. The first-order valence-electron chi connectivity index (χ1n) is 9.21. The average molecular weight is 400 g/mol. The molecule has 0 spiro atoms. The van der Waals surface area contributed by atoms with E-state index in [4.69, 9.17) is 4.74 Å². The normalized spacial score (nSPS) is 25.1. The van der Waals surface area contributed by atoms with Crippen LogP contribution in [0.3, 0.4) is 0 Å². The van der Waals surface area contributed by atoms with Crippen LogP contribution in [-0.4, -0.2) is 60.1 Å². The maximum absolute atomic E-state index is 12.8. The fourth-order valence-corrected chi connectivity index (χ4v) is 4.48. The predicted molar refractivity (Wildman–Crippen MR) is 95.9 cm³/mol. The molecule has 1 aliphatic heterocycles. The van der Waals surface area contributed by atoms with Crippen molar-refractivity contribution < 1.29 is 22.3 Å². The number of amides is 1. The highest BCUT2D eigenvalue weighted by Crippen LogP contribution is 2.24. The third-order valence-corrected chi connectivity index (χ3v) is 6.49. The summed E-state index contributed by atoms with van der Waals surface area (Å²) in [4.78, 5) is 20.1. The van der Waals surface area contributed by atoms with E-state index in [9.17, 15) is 17.6 Å². The lowest BCUT2D eigenvalue weighted by molar-refractivity contribution is -0.127. The van der Waals surface area contributed by atoms with E-state index in [1.807, 2.05) is 0 Å². The Morgan fingerprint density at radius 2 is 1.74 bits per heavy atom. The van der Waals surface area contributed by atoms with Crippen LogP contribution in [0.2, 0.25) is 0 Å². The summed E-state index contributed by atoms with van der Waals surface area (Å²) in [6.45, 7) is 0.796. The van der Waals surface area contributed by atoms with E-state index in [2.05, 4.69) is 15.3 Å². The van der Waals surface area contributed by atoms with Gasteiger partial charge in [0, 0.05) is 25.0 Å². The Hall–Kier alpha value is -1.81. The van der Waals surface area contributed by atoms with Crippen molar-refractivity contribution in [2.45, 2.75) is 50.7 Å². The minimum absolute atomic E-state index is 0.00869. The van der Waals surface area contributed by atoms with Gasteiger partial charge in [-0.1, -0.05) is 0 Å². The van der Waals surface area contributed by atoms with Gasteiger partial charge in [-0.2, -0.15) is 0 Å². The van der Waals surface area contributed by atoms with E-state index >= 15 is 0 Å². The van der Waals surface area contributed by atoms with Gasteiger partial charge < -0.3 is 10.1 Å². The van der Waals surface area contributed by atoms with Crippen molar-refractivity contribution in [3.63, 3.8) is 0 Å². The molecule has 2 aliphatic rings. The molecule has 8 nitrogen and oxygen atoms in total. The molecule has 1 aromatic heterocycles. The lowest BCUT2D eigenvalue weighted by Crippen LogP contribution is -2.46. The lowest BCUT2D eigenvalue weighted by atomic mass is 9.91. The van der Waals surface area contributed by atoms with Gasteiger partial charge in [0.25, 0.3) is 0 Å². The Balaban J connectivity index is 1.40. The molecular weight excluding hydrogens is 375 g/mol. The van der Waals surface area contributed by atoms with Crippen LogP contribution >= 0.6 is 0 Å². The number of halogens is 1. The molecule has 0 atom stereocenters. The molecule has 2 fully saturated rings. The molecule has 2 heterocycles. The molecule has 1 amide bonds. The molecule has 1 aromatic rings. The number of sulfonamides is 1. The van der Waals surface area contributed by atoms with E-state index < -0.39 is 15.8 Å². The van der Waals surface area contributed by atoms with E-state index in [0.29, 0.717) is 25.9 Å². The Bertz CT molecular complexity index is 743. The fourth-order valence-electron chi connectivity index (χ4n) is 3.60. The molecule has 0 bridgehead atoms. The Kier molecular flexibility index (Phi) is 6.25.